The van der Waals surface area contributed by atoms with E-state index in [9.17, 15) is 13.6 Å². The second kappa shape index (κ2) is 6.25. The Labute approximate surface area is 115 Å². The van der Waals surface area contributed by atoms with Crippen LogP contribution in [0.3, 0.4) is 0 Å². The van der Waals surface area contributed by atoms with Crippen LogP contribution in [0.15, 0.2) is 6.20 Å². The Bertz CT molecular complexity index is 439. The minimum Gasteiger partial charge on any atom is -0.394 e. The third kappa shape index (κ3) is 3.72. The highest BCUT2D eigenvalue weighted by atomic mass is 19.3. The number of nitrogens with zero attached hydrogens (tertiary/aromatic N) is 3. The largest absolute Gasteiger partial charge is 0.394 e. The highest BCUT2D eigenvalue weighted by molar-refractivity contribution is 5.77. The number of hydrogen-bond acceptors (Lipinski definition) is 4. The van der Waals surface area contributed by atoms with Crippen LogP contribution in [-0.2, 0) is 11.2 Å². The third-order valence-electron chi connectivity index (χ3n) is 3.45. The summed E-state index contributed by atoms with van der Waals surface area (Å²) in [5.41, 5.74) is 0.818. The van der Waals surface area contributed by atoms with E-state index < -0.39 is 31.5 Å². The van der Waals surface area contributed by atoms with Gasteiger partial charge in [0.1, 0.15) is 0 Å². The summed E-state index contributed by atoms with van der Waals surface area (Å²) in [6, 6.07) is -0.756. The van der Waals surface area contributed by atoms with E-state index >= 15 is 0 Å². The summed E-state index contributed by atoms with van der Waals surface area (Å²) in [5.74, 6) is -3.20. The van der Waals surface area contributed by atoms with Crippen LogP contribution in [0.5, 0.6) is 0 Å². The second-order valence-electron chi connectivity index (χ2n) is 5.09. The fraction of sp³-hybridized carbons (Fsp3) is 0.750. The van der Waals surface area contributed by atoms with Gasteiger partial charge >= 0.3 is 0 Å². The first-order valence-corrected chi connectivity index (χ1v) is 6.64. The molecule has 6 nitrogen and oxygen atoms in total. The van der Waals surface area contributed by atoms with Crippen molar-refractivity contribution in [3.8, 4) is 0 Å². The number of aromatic nitrogens is 3. The van der Waals surface area contributed by atoms with Crippen molar-refractivity contribution in [1.29, 1.82) is 0 Å². The Morgan fingerprint density at radius 3 is 3.00 bits per heavy atom. The van der Waals surface area contributed by atoms with Gasteiger partial charge in [-0.05, 0) is 19.3 Å². The number of carbonyl (C=O) groups is 1. The first kappa shape index (κ1) is 14.8. The Kier molecular flexibility index (Phi) is 4.64. The Morgan fingerprint density at radius 1 is 1.55 bits per heavy atom. The molecule has 0 aliphatic carbocycles. The third-order valence-corrected chi connectivity index (χ3v) is 3.45. The van der Waals surface area contributed by atoms with Crippen molar-refractivity contribution < 1.29 is 18.7 Å². The molecular formula is C12H18F2N4O2. The Balaban J connectivity index is 1.74. The lowest BCUT2D eigenvalue weighted by molar-refractivity contribution is -0.134. The average Bonchev–Trinajstić information content (AvgIpc) is 3.01. The summed E-state index contributed by atoms with van der Waals surface area (Å²) < 4.78 is 26.5. The van der Waals surface area contributed by atoms with Crippen LogP contribution in [0.4, 0.5) is 8.78 Å². The molecule has 0 bridgehead atoms. The van der Waals surface area contributed by atoms with Gasteiger partial charge in [0.05, 0.1) is 31.1 Å². The lowest BCUT2D eigenvalue weighted by atomic mass is 10.1. The molecule has 2 heterocycles. The molecule has 1 aliphatic heterocycles. The number of amides is 1. The molecule has 1 aliphatic rings. The SMILES string of the molecule is O=C(CCCCc1cn[nH]n1)N1CC(F)(F)CC1CO. The van der Waals surface area contributed by atoms with Crippen LogP contribution >= 0.6 is 0 Å². The van der Waals surface area contributed by atoms with Crippen molar-refractivity contribution in [3.05, 3.63) is 11.9 Å². The van der Waals surface area contributed by atoms with Crippen LogP contribution in [0.1, 0.15) is 31.4 Å². The van der Waals surface area contributed by atoms with E-state index in [0.29, 0.717) is 12.8 Å². The van der Waals surface area contributed by atoms with Gasteiger partial charge < -0.3 is 10.0 Å². The van der Waals surface area contributed by atoms with Crippen LogP contribution in [0, 0.1) is 0 Å². The number of hydrogen-bond donors (Lipinski definition) is 2. The minimum atomic E-state index is -2.89. The first-order chi connectivity index (χ1) is 9.52. The molecule has 8 heteroatoms. The van der Waals surface area contributed by atoms with Gasteiger partial charge in [-0.25, -0.2) is 8.78 Å². The van der Waals surface area contributed by atoms with Gasteiger partial charge in [-0.3, -0.25) is 4.79 Å². The van der Waals surface area contributed by atoms with Crippen molar-refractivity contribution in [3.63, 3.8) is 0 Å². The maximum Gasteiger partial charge on any atom is 0.267 e. The molecule has 0 aromatic carbocycles. The predicted octanol–water partition coefficient (Wildman–Crippen LogP) is 0.746. The zero-order valence-electron chi connectivity index (χ0n) is 11.1. The number of halogens is 2. The summed E-state index contributed by atoms with van der Waals surface area (Å²) in [6.07, 6.45) is 3.42. The predicted molar refractivity (Wildman–Crippen MR) is 66.1 cm³/mol. The van der Waals surface area contributed by atoms with E-state index in [4.69, 9.17) is 5.11 Å². The number of carbonyl (C=O) groups excluding carboxylic acids is 1. The van der Waals surface area contributed by atoms with Gasteiger partial charge in [-0.2, -0.15) is 15.4 Å². The molecule has 112 valence electrons. The molecule has 1 aromatic rings. The Hall–Kier alpha value is -1.57. The first-order valence-electron chi connectivity index (χ1n) is 6.64. The maximum atomic E-state index is 13.2. The lowest BCUT2D eigenvalue weighted by Crippen LogP contribution is -2.38. The summed E-state index contributed by atoms with van der Waals surface area (Å²) in [6.45, 7) is -0.999. The molecule has 2 rings (SSSR count). The molecule has 1 amide bonds. The van der Waals surface area contributed by atoms with Crippen LogP contribution in [0.2, 0.25) is 0 Å². The molecule has 1 unspecified atom stereocenters. The van der Waals surface area contributed by atoms with Crippen molar-refractivity contribution >= 4 is 5.91 Å². The lowest BCUT2D eigenvalue weighted by Gasteiger charge is -2.22. The van der Waals surface area contributed by atoms with E-state index in [0.717, 1.165) is 17.0 Å². The molecule has 0 saturated carbocycles. The van der Waals surface area contributed by atoms with E-state index in [-0.39, 0.29) is 12.3 Å². The van der Waals surface area contributed by atoms with Gasteiger partial charge in [0.25, 0.3) is 5.92 Å². The minimum absolute atomic E-state index is 0.213. The normalized spacial score (nSPS) is 21.4. The highest BCUT2D eigenvalue weighted by Crippen LogP contribution is 2.32. The summed E-state index contributed by atoms with van der Waals surface area (Å²) in [4.78, 5) is 13.0. The highest BCUT2D eigenvalue weighted by Gasteiger charge is 2.46. The second-order valence-corrected chi connectivity index (χ2v) is 5.09. The van der Waals surface area contributed by atoms with E-state index in [2.05, 4.69) is 15.4 Å². The smallest absolute Gasteiger partial charge is 0.267 e. The number of unbranched alkanes of at least 4 members (excludes halogenated alkanes) is 1. The number of aromatic amines is 1. The number of alkyl halides is 2. The van der Waals surface area contributed by atoms with Gasteiger partial charge in [0.2, 0.25) is 5.91 Å². The molecule has 2 N–H and O–H groups in total. The number of aryl methyl sites for hydroxylation is 1. The molecule has 20 heavy (non-hydrogen) atoms. The number of nitrogens with one attached hydrogen (secondary N) is 1. The molecular weight excluding hydrogens is 270 g/mol. The van der Waals surface area contributed by atoms with Crippen molar-refractivity contribution in [2.75, 3.05) is 13.2 Å². The van der Waals surface area contributed by atoms with Crippen molar-refractivity contribution in [2.24, 2.45) is 0 Å². The summed E-state index contributed by atoms with van der Waals surface area (Å²) in [7, 11) is 0. The van der Waals surface area contributed by atoms with Crippen LogP contribution in [-0.4, -0.2) is 56.4 Å². The van der Waals surface area contributed by atoms with Gasteiger partial charge in [0.15, 0.2) is 0 Å². The number of H-pyrrole nitrogens is 1. The number of likely N-dealkylation sites (tertiary alicyclic amines) is 1. The standard InChI is InChI=1S/C12H18F2N4O2/c13-12(14)5-10(7-19)18(8-12)11(20)4-2-1-3-9-6-15-17-16-9/h6,10,19H,1-5,7-8H2,(H,15,16,17). The number of aliphatic hydroxyl groups excluding tert-OH is 1. The fourth-order valence-corrected chi connectivity index (χ4v) is 2.42. The van der Waals surface area contributed by atoms with E-state index in [1.54, 1.807) is 6.20 Å². The molecule has 0 spiro atoms. The topological polar surface area (TPSA) is 82.1 Å². The fourth-order valence-electron chi connectivity index (χ4n) is 2.42. The van der Waals surface area contributed by atoms with E-state index in [1.807, 2.05) is 0 Å². The number of aliphatic hydroxyl groups is 1. The van der Waals surface area contributed by atoms with Crippen LogP contribution in [0.25, 0.3) is 0 Å². The quantitative estimate of drug-likeness (QED) is 0.757. The zero-order chi connectivity index (χ0) is 14.6. The maximum absolute atomic E-state index is 13.2. The summed E-state index contributed by atoms with van der Waals surface area (Å²) in [5, 5.41) is 19.1. The molecule has 1 atom stereocenters. The van der Waals surface area contributed by atoms with Gasteiger partial charge in [-0.15, -0.1) is 0 Å². The Morgan fingerprint density at radius 2 is 2.35 bits per heavy atom. The molecule has 0 radical (unpaired) electrons. The van der Waals surface area contributed by atoms with Gasteiger partial charge in [0, 0.05) is 12.8 Å². The molecule has 1 aromatic heterocycles. The van der Waals surface area contributed by atoms with Crippen molar-refractivity contribution in [1.82, 2.24) is 20.3 Å². The zero-order valence-corrected chi connectivity index (χ0v) is 11.1. The number of rotatable bonds is 6. The molecule has 1 saturated heterocycles. The molecule has 1 fully saturated rings. The van der Waals surface area contributed by atoms with Crippen LogP contribution < -0.4 is 0 Å². The average molecular weight is 288 g/mol. The van der Waals surface area contributed by atoms with Gasteiger partial charge in [-0.1, -0.05) is 0 Å². The summed E-state index contributed by atoms with van der Waals surface area (Å²) >= 11 is 0. The van der Waals surface area contributed by atoms with E-state index in [1.165, 1.54) is 0 Å². The monoisotopic (exact) mass is 288 g/mol. The van der Waals surface area contributed by atoms with Crippen molar-refractivity contribution in [2.45, 2.75) is 44.1 Å².